The first-order valence-electron chi connectivity index (χ1n) is 11.5. The Bertz CT molecular complexity index is 1160. The van der Waals surface area contributed by atoms with Crippen LogP contribution in [-0.4, -0.2) is 55.4 Å². The molecule has 4 atom stereocenters. The number of amides is 2. The molecule has 1 spiro atoms. The van der Waals surface area contributed by atoms with Crippen LogP contribution in [0.5, 0.6) is 17.2 Å². The highest BCUT2D eigenvalue weighted by atomic mass is 16.7. The molecule has 2 amide bonds. The monoisotopic (exact) mass is 462 g/mol. The molecule has 2 aromatic carbocycles. The normalized spacial score (nSPS) is 27.9. The summed E-state index contributed by atoms with van der Waals surface area (Å²) in [6, 6.07) is 13.5. The van der Waals surface area contributed by atoms with Gasteiger partial charge in [-0.05, 0) is 41.8 Å². The highest BCUT2D eigenvalue weighted by Crippen LogP contribution is 2.52. The van der Waals surface area contributed by atoms with Crippen LogP contribution in [0.4, 0.5) is 0 Å². The van der Waals surface area contributed by atoms with Gasteiger partial charge in [-0.2, -0.15) is 0 Å². The van der Waals surface area contributed by atoms with Gasteiger partial charge in [0.2, 0.25) is 18.6 Å². The van der Waals surface area contributed by atoms with E-state index in [2.05, 4.69) is 5.32 Å². The Balaban J connectivity index is 1.12. The molecule has 34 heavy (non-hydrogen) atoms. The van der Waals surface area contributed by atoms with Crippen LogP contribution in [0.25, 0.3) is 0 Å². The van der Waals surface area contributed by atoms with Gasteiger partial charge in [-0.25, -0.2) is 0 Å². The average Bonchev–Trinajstić information content (AvgIpc) is 3.61. The van der Waals surface area contributed by atoms with Crippen LogP contribution in [0.3, 0.4) is 0 Å². The van der Waals surface area contributed by atoms with E-state index in [9.17, 15) is 9.59 Å². The SMILES string of the molecule is COc1ccc(CCNC(=O)C2C3C=CC4(CN(Cc5ccc6c(c5)OCO6)C(=O)C24)O3)cc1. The summed E-state index contributed by atoms with van der Waals surface area (Å²) in [5.74, 6) is 1.01. The first kappa shape index (κ1) is 21.0. The van der Waals surface area contributed by atoms with Gasteiger partial charge >= 0.3 is 0 Å². The molecule has 4 aliphatic heterocycles. The Morgan fingerprint density at radius 3 is 2.76 bits per heavy atom. The highest BCUT2D eigenvalue weighted by molar-refractivity contribution is 5.93. The van der Waals surface area contributed by atoms with Gasteiger partial charge in [-0.1, -0.05) is 30.4 Å². The molecule has 176 valence electrons. The molecule has 2 bridgehead atoms. The summed E-state index contributed by atoms with van der Waals surface area (Å²) in [6.45, 7) is 1.57. The van der Waals surface area contributed by atoms with Gasteiger partial charge in [0.1, 0.15) is 11.4 Å². The summed E-state index contributed by atoms with van der Waals surface area (Å²) in [4.78, 5) is 28.4. The van der Waals surface area contributed by atoms with E-state index in [0.29, 0.717) is 37.6 Å². The predicted molar refractivity (Wildman–Crippen MR) is 121 cm³/mol. The van der Waals surface area contributed by atoms with Crippen LogP contribution >= 0.6 is 0 Å². The molecule has 6 rings (SSSR count). The lowest BCUT2D eigenvalue weighted by molar-refractivity contribution is -0.137. The minimum Gasteiger partial charge on any atom is -0.497 e. The molecule has 4 aliphatic rings. The summed E-state index contributed by atoms with van der Waals surface area (Å²) in [6.07, 6.45) is 4.24. The van der Waals surface area contributed by atoms with Crippen LogP contribution < -0.4 is 19.5 Å². The molecular weight excluding hydrogens is 436 g/mol. The number of carbonyl (C=O) groups is 2. The van der Waals surface area contributed by atoms with Crippen LogP contribution in [0.15, 0.2) is 54.6 Å². The fraction of sp³-hybridized carbons (Fsp3) is 0.385. The Hall–Kier alpha value is -3.52. The standard InChI is InChI=1S/C26H26N2O6/c1-31-18-5-2-16(3-6-18)9-11-27-24(29)22-20-8-10-26(34-20)14-28(25(30)23(22)26)13-17-4-7-19-21(12-17)33-15-32-19/h2-8,10,12,20,22-23H,9,11,13-15H2,1H3,(H,27,29). The largest absolute Gasteiger partial charge is 0.497 e. The number of fused-ring (bicyclic) bond motifs is 2. The Morgan fingerprint density at radius 2 is 1.94 bits per heavy atom. The number of benzene rings is 2. The lowest BCUT2D eigenvalue weighted by Crippen LogP contribution is -2.44. The van der Waals surface area contributed by atoms with Crippen molar-refractivity contribution in [2.75, 3.05) is 27.0 Å². The number of nitrogens with one attached hydrogen (secondary N) is 1. The van der Waals surface area contributed by atoms with E-state index in [-0.39, 0.29) is 24.7 Å². The molecule has 2 fully saturated rings. The highest BCUT2D eigenvalue weighted by Gasteiger charge is 2.66. The predicted octanol–water partition coefficient (Wildman–Crippen LogP) is 2.06. The zero-order valence-corrected chi connectivity index (χ0v) is 18.9. The molecule has 0 aliphatic carbocycles. The van der Waals surface area contributed by atoms with E-state index in [1.165, 1.54) is 0 Å². The van der Waals surface area contributed by atoms with E-state index in [1.807, 2.05) is 54.6 Å². The van der Waals surface area contributed by atoms with Crippen molar-refractivity contribution in [3.05, 3.63) is 65.7 Å². The van der Waals surface area contributed by atoms with Gasteiger partial charge in [0, 0.05) is 13.1 Å². The minimum absolute atomic E-state index is 0.0418. The Kier molecular flexibility index (Phi) is 4.99. The number of likely N-dealkylation sites (tertiary alicyclic amines) is 1. The molecular formula is C26H26N2O6. The third kappa shape index (κ3) is 3.40. The summed E-state index contributed by atoms with van der Waals surface area (Å²) >= 11 is 0. The smallest absolute Gasteiger partial charge is 0.231 e. The van der Waals surface area contributed by atoms with E-state index < -0.39 is 17.4 Å². The van der Waals surface area contributed by atoms with Gasteiger partial charge in [-0.15, -0.1) is 0 Å². The second-order valence-electron chi connectivity index (χ2n) is 9.17. The van der Waals surface area contributed by atoms with Gasteiger partial charge in [-0.3, -0.25) is 9.59 Å². The van der Waals surface area contributed by atoms with E-state index in [4.69, 9.17) is 18.9 Å². The number of carbonyl (C=O) groups excluding carboxylic acids is 2. The average molecular weight is 463 g/mol. The molecule has 4 heterocycles. The zero-order chi connectivity index (χ0) is 23.3. The molecule has 2 aromatic rings. The maximum Gasteiger partial charge on any atom is 0.231 e. The second-order valence-corrected chi connectivity index (χ2v) is 9.17. The van der Waals surface area contributed by atoms with Gasteiger partial charge < -0.3 is 29.2 Å². The minimum atomic E-state index is -0.726. The Morgan fingerprint density at radius 1 is 1.15 bits per heavy atom. The maximum atomic E-state index is 13.4. The van der Waals surface area contributed by atoms with E-state index >= 15 is 0 Å². The number of hydrogen-bond donors (Lipinski definition) is 1. The van der Waals surface area contributed by atoms with Crippen molar-refractivity contribution in [1.82, 2.24) is 10.2 Å². The van der Waals surface area contributed by atoms with Crippen molar-refractivity contribution in [1.29, 1.82) is 0 Å². The molecule has 0 radical (unpaired) electrons. The van der Waals surface area contributed by atoms with Crippen LogP contribution in [0.1, 0.15) is 11.1 Å². The summed E-state index contributed by atoms with van der Waals surface area (Å²) in [7, 11) is 1.63. The van der Waals surface area contributed by atoms with Crippen molar-refractivity contribution >= 4 is 11.8 Å². The number of methoxy groups -OCH3 is 1. The topological polar surface area (TPSA) is 86.3 Å². The van der Waals surface area contributed by atoms with Gasteiger partial charge in [0.25, 0.3) is 0 Å². The summed E-state index contributed by atoms with van der Waals surface area (Å²) in [5, 5.41) is 3.02. The third-order valence-corrected chi connectivity index (χ3v) is 7.16. The van der Waals surface area contributed by atoms with Crippen molar-refractivity contribution < 1.29 is 28.5 Å². The lowest BCUT2D eigenvalue weighted by Gasteiger charge is -2.23. The maximum absolute atomic E-state index is 13.4. The summed E-state index contributed by atoms with van der Waals surface area (Å²) < 4.78 is 22.2. The van der Waals surface area contributed by atoms with Crippen LogP contribution in [0.2, 0.25) is 0 Å². The quantitative estimate of drug-likeness (QED) is 0.634. The molecule has 0 saturated carbocycles. The van der Waals surface area contributed by atoms with Crippen molar-refractivity contribution in [2.45, 2.75) is 24.7 Å². The molecule has 8 heteroatoms. The molecule has 0 aromatic heterocycles. The molecule has 1 N–H and O–H groups in total. The zero-order valence-electron chi connectivity index (χ0n) is 18.9. The number of rotatable bonds is 7. The first-order chi connectivity index (χ1) is 16.6. The van der Waals surface area contributed by atoms with Crippen LogP contribution in [-0.2, 0) is 27.3 Å². The van der Waals surface area contributed by atoms with Crippen LogP contribution in [0, 0.1) is 11.8 Å². The molecule has 8 nitrogen and oxygen atoms in total. The second kappa shape index (κ2) is 8.06. The summed E-state index contributed by atoms with van der Waals surface area (Å²) in [5.41, 5.74) is 1.33. The van der Waals surface area contributed by atoms with Crippen molar-refractivity contribution in [3.63, 3.8) is 0 Å². The lowest BCUT2D eigenvalue weighted by atomic mass is 9.77. The van der Waals surface area contributed by atoms with E-state index in [1.54, 1.807) is 12.0 Å². The number of ether oxygens (including phenoxy) is 4. The third-order valence-electron chi connectivity index (χ3n) is 7.16. The van der Waals surface area contributed by atoms with Gasteiger partial charge in [0.05, 0.1) is 31.6 Å². The number of nitrogens with zero attached hydrogens (tertiary/aromatic N) is 1. The fourth-order valence-electron chi connectivity index (χ4n) is 5.51. The molecule has 4 unspecified atom stereocenters. The van der Waals surface area contributed by atoms with E-state index in [0.717, 1.165) is 16.9 Å². The van der Waals surface area contributed by atoms with Crippen molar-refractivity contribution in [2.24, 2.45) is 11.8 Å². The Labute approximate surface area is 197 Å². The first-order valence-corrected chi connectivity index (χ1v) is 11.5. The van der Waals surface area contributed by atoms with Gasteiger partial charge in [0.15, 0.2) is 11.5 Å². The number of hydrogen-bond acceptors (Lipinski definition) is 6. The molecule has 2 saturated heterocycles. The van der Waals surface area contributed by atoms with Crippen molar-refractivity contribution in [3.8, 4) is 17.2 Å². The fourth-order valence-corrected chi connectivity index (χ4v) is 5.51.